The number of likely N-dealkylation sites (tertiary alicyclic amines) is 1. The molecule has 0 radical (unpaired) electrons. The molecule has 2 aliphatic heterocycles. The van der Waals surface area contributed by atoms with Gasteiger partial charge in [-0.3, -0.25) is 15.6 Å². The minimum atomic E-state index is -1.30. The Morgan fingerprint density at radius 3 is 2.40 bits per heavy atom. The Balaban J connectivity index is 1.33. The fraction of sp³-hybridized carbons (Fsp3) is 0.265. The summed E-state index contributed by atoms with van der Waals surface area (Å²) in [5.74, 6) is 0.973. The number of fused-ring (bicyclic) bond motifs is 2. The molecule has 0 aliphatic carbocycles. The molecular weight excluding hydrogens is 526 g/mol. The van der Waals surface area contributed by atoms with Crippen LogP contribution in [0.15, 0.2) is 84.9 Å². The molecular formula is C34H35N5O3. The van der Waals surface area contributed by atoms with Crippen molar-refractivity contribution >= 4 is 34.0 Å². The topological polar surface area (TPSA) is 127 Å². The summed E-state index contributed by atoms with van der Waals surface area (Å²) >= 11 is 0. The number of nitrogens with one attached hydrogen (secondary N) is 2. The van der Waals surface area contributed by atoms with Gasteiger partial charge < -0.3 is 25.4 Å². The van der Waals surface area contributed by atoms with Crippen molar-refractivity contribution in [3.63, 3.8) is 0 Å². The minimum absolute atomic E-state index is 0.00419. The van der Waals surface area contributed by atoms with Crippen molar-refractivity contribution in [1.29, 1.82) is 10.8 Å². The lowest BCUT2D eigenvalue weighted by Crippen LogP contribution is -2.40. The second-order valence-electron chi connectivity index (χ2n) is 11.2. The van der Waals surface area contributed by atoms with Crippen LogP contribution in [0.2, 0.25) is 0 Å². The molecule has 0 aromatic heterocycles. The number of amidine groups is 2. The predicted octanol–water partition coefficient (Wildman–Crippen LogP) is 5.33. The zero-order valence-corrected chi connectivity index (χ0v) is 23.6. The number of rotatable bonds is 6. The van der Waals surface area contributed by atoms with Crippen molar-refractivity contribution in [3.05, 3.63) is 107 Å². The third kappa shape index (κ3) is 5.33. The Morgan fingerprint density at radius 1 is 0.952 bits per heavy atom. The second-order valence-corrected chi connectivity index (χ2v) is 11.2. The Bertz CT molecular complexity index is 1660. The van der Waals surface area contributed by atoms with E-state index >= 15 is 0 Å². The molecule has 0 bridgehead atoms. The molecule has 42 heavy (non-hydrogen) atoms. The SMILES string of the molecule is CC(=N)N1CCC(Oc2ccc3c(c2)C[C@H](c2ccc4ccc(C(=N)N)cc4c2)N3C(=O)[C@@H](O)c2ccccc2)CC1. The van der Waals surface area contributed by atoms with Gasteiger partial charge in [0.2, 0.25) is 0 Å². The lowest BCUT2D eigenvalue weighted by atomic mass is 9.97. The Morgan fingerprint density at radius 2 is 1.69 bits per heavy atom. The first kappa shape index (κ1) is 27.5. The molecule has 1 saturated heterocycles. The number of carbonyl (C=O) groups is 1. The maximum atomic E-state index is 14.0. The van der Waals surface area contributed by atoms with Gasteiger partial charge in [-0.1, -0.05) is 54.6 Å². The van der Waals surface area contributed by atoms with Gasteiger partial charge in [0.05, 0.1) is 11.9 Å². The van der Waals surface area contributed by atoms with E-state index in [4.69, 9.17) is 21.3 Å². The highest BCUT2D eigenvalue weighted by molar-refractivity contribution is 6.01. The van der Waals surface area contributed by atoms with Gasteiger partial charge in [-0.2, -0.15) is 0 Å². The standard InChI is InChI=1S/C34H35N5O3/c1-21(35)38-15-13-28(14-16-38)42-29-11-12-30-27(19-29)20-31(39(30)34(41)32(40)23-5-3-2-4-6-23)24-9-7-22-8-10-25(33(36)37)18-26(22)17-24/h2-12,17-19,28,31-32,35,40H,13-16,20H2,1H3,(H3,36,37)/t31-,32+/m1/s1. The van der Waals surface area contributed by atoms with Crippen LogP contribution in [-0.2, 0) is 11.2 Å². The van der Waals surface area contributed by atoms with Gasteiger partial charge in [0.15, 0.2) is 6.10 Å². The van der Waals surface area contributed by atoms with Crippen molar-refractivity contribution < 1.29 is 14.6 Å². The van der Waals surface area contributed by atoms with Crippen LogP contribution >= 0.6 is 0 Å². The molecule has 5 N–H and O–H groups in total. The normalized spacial score (nSPS) is 17.6. The zero-order chi connectivity index (χ0) is 29.4. The highest BCUT2D eigenvalue weighted by Gasteiger charge is 2.38. The molecule has 0 saturated carbocycles. The summed E-state index contributed by atoms with van der Waals surface area (Å²) in [6.45, 7) is 3.43. The summed E-state index contributed by atoms with van der Waals surface area (Å²) in [5, 5.41) is 28.8. The maximum absolute atomic E-state index is 14.0. The Kier molecular flexibility index (Phi) is 7.39. The van der Waals surface area contributed by atoms with Crippen LogP contribution in [0.1, 0.15) is 54.2 Å². The van der Waals surface area contributed by atoms with Crippen molar-refractivity contribution in [2.75, 3.05) is 18.0 Å². The average Bonchev–Trinajstić information content (AvgIpc) is 3.39. The van der Waals surface area contributed by atoms with Gasteiger partial charge in [0.25, 0.3) is 5.91 Å². The number of ether oxygens (including phenoxy) is 1. The number of hydrogen-bond acceptors (Lipinski definition) is 5. The van der Waals surface area contributed by atoms with Crippen LogP contribution < -0.4 is 15.4 Å². The first-order chi connectivity index (χ1) is 20.3. The van der Waals surface area contributed by atoms with E-state index in [2.05, 4.69) is 4.90 Å². The number of anilines is 1. The summed E-state index contributed by atoms with van der Waals surface area (Å²) in [5.41, 5.74) is 9.62. The second kappa shape index (κ2) is 11.3. The minimum Gasteiger partial charge on any atom is -0.490 e. The number of nitrogens with zero attached hydrogens (tertiary/aromatic N) is 2. The van der Waals surface area contributed by atoms with Gasteiger partial charge in [0.1, 0.15) is 17.7 Å². The molecule has 0 spiro atoms. The molecule has 214 valence electrons. The molecule has 8 nitrogen and oxygen atoms in total. The first-order valence-corrected chi connectivity index (χ1v) is 14.3. The van der Waals surface area contributed by atoms with E-state index in [1.807, 2.05) is 79.7 Å². The molecule has 2 atom stereocenters. The molecule has 2 aliphatic rings. The van der Waals surface area contributed by atoms with E-state index < -0.39 is 6.10 Å². The van der Waals surface area contributed by atoms with E-state index in [0.29, 0.717) is 23.4 Å². The van der Waals surface area contributed by atoms with Gasteiger partial charge in [0, 0.05) is 37.2 Å². The van der Waals surface area contributed by atoms with Gasteiger partial charge in [-0.25, -0.2) is 0 Å². The molecule has 8 heteroatoms. The van der Waals surface area contributed by atoms with Crippen molar-refractivity contribution in [2.24, 2.45) is 5.73 Å². The maximum Gasteiger partial charge on any atom is 0.261 e. The lowest BCUT2D eigenvalue weighted by Gasteiger charge is -2.33. The fourth-order valence-electron chi connectivity index (χ4n) is 6.09. The van der Waals surface area contributed by atoms with E-state index in [1.54, 1.807) is 17.0 Å². The Hall–Kier alpha value is -4.69. The van der Waals surface area contributed by atoms with Crippen LogP contribution in [0.5, 0.6) is 5.75 Å². The number of nitrogen functional groups attached to an aromatic ring is 1. The number of carbonyl (C=O) groups excluding carboxylic acids is 1. The van der Waals surface area contributed by atoms with Crippen LogP contribution in [-0.4, -0.2) is 46.8 Å². The van der Waals surface area contributed by atoms with E-state index in [1.165, 1.54) is 0 Å². The summed E-state index contributed by atoms with van der Waals surface area (Å²) in [6, 6.07) is 26.3. The number of aliphatic hydroxyl groups excluding tert-OH is 1. The molecule has 6 rings (SSSR count). The number of nitrogens with two attached hydrogens (primary N) is 1. The van der Waals surface area contributed by atoms with Gasteiger partial charge >= 0.3 is 0 Å². The number of aliphatic hydroxyl groups is 1. The van der Waals surface area contributed by atoms with Crippen LogP contribution in [0, 0.1) is 10.8 Å². The molecule has 1 amide bonds. The third-order valence-corrected chi connectivity index (χ3v) is 8.40. The largest absolute Gasteiger partial charge is 0.490 e. The van der Waals surface area contributed by atoms with Crippen molar-refractivity contribution in [1.82, 2.24) is 4.90 Å². The number of amides is 1. The number of piperidine rings is 1. The molecule has 4 aromatic carbocycles. The summed E-state index contributed by atoms with van der Waals surface area (Å²) < 4.78 is 6.37. The first-order valence-electron chi connectivity index (χ1n) is 14.3. The third-order valence-electron chi connectivity index (χ3n) is 8.40. The molecule has 2 heterocycles. The van der Waals surface area contributed by atoms with Crippen LogP contribution in [0.25, 0.3) is 10.8 Å². The van der Waals surface area contributed by atoms with E-state index in [-0.39, 0.29) is 23.9 Å². The van der Waals surface area contributed by atoms with Gasteiger partial charge in [-0.05, 0) is 71.1 Å². The van der Waals surface area contributed by atoms with E-state index in [9.17, 15) is 9.90 Å². The predicted molar refractivity (Wildman–Crippen MR) is 165 cm³/mol. The van der Waals surface area contributed by atoms with Gasteiger partial charge in [-0.15, -0.1) is 0 Å². The molecule has 4 aromatic rings. The van der Waals surface area contributed by atoms with E-state index in [0.717, 1.165) is 59.3 Å². The Labute approximate surface area is 245 Å². The van der Waals surface area contributed by atoms with Crippen molar-refractivity contribution in [2.45, 2.75) is 44.4 Å². The van der Waals surface area contributed by atoms with Crippen molar-refractivity contribution in [3.8, 4) is 5.75 Å². The molecule has 0 unspecified atom stereocenters. The number of benzene rings is 4. The fourth-order valence-corrected chi connectivity index (χ4v) is 6.09. The quantitative estimate of drug-likeness (QED) is 0.187. The molecule has 1 fully saturated rings. The highest BCUT2D eigenvalue weighted by atomic mass is 16.5. The lowest BCUT2D eigenvalue weighted by molar-refractivity contribution is -0.127. The summed E-state index contributed by atoms with van der Waals surface area (Å²) in [6.07, 6.45) is 1.04. The average molecular weight is 562 g/mol. The highest BCUT2D eigenvalue weighted by Crippen LogP contribution is 2.44. The summed E-state index contributed by atoms with van der Waals surface area (Å²) in [4.78, 5) is 17.8. The number of hydrogen-bond donors (Lipinski definition) is 4. The zero-order valence-electron chi connectivity index (χ0n) is 23.6. The van der Waals surface area contributed by atoms with Crippen LogP contribution in [0.4, 0.5) is 5.69 Å². The smallest absolute Gasteiger partial charge is 0.261 e. The van der Waals surface area contributed by atoms with Crippen LogP contribution in [0.3, 0.4) is 0 Å². The monoisotopic (exact) mass is 561 g/mol. The summed E-state index contributed by atoms with van der Waals surface area (Å²) in [7, 11) is 0.